The number of oxazole rings is 1. The number of hydrogen-bond donors (Lipinski definition) is 1. The van der Waals surface area contributed by atoms with Gasteiger partial charge in [0, 0.05) is 11.5 Å². The first-order chi connectivity index (χ1) is 16.7. The third-order valence-electron chi connectivity index (χ3n) is 7.60. The number of aromatic nitrogens is 1. The summed E-state index contributed by atoms with van der Waals surface area (Å²) in [5, 5.41) is 11.2. The van der Waals surface area contributed by atoms with E-state index < -0.39 is 25.8 Å². The summed E-state index contributed by atoms with van der Waals surface area (Å²) in [6.45, 7) is 17.4. The second-order valence-corrected chi connectivity index (χ2v) is 16.4. The first-order valence-electron chi connectivity index (χ1n) is 12.8. The van der Waals surface area contributed by atoms with Crippen LogP contribution in [-0.2, 0) is 9.16 Å². The fourth-order valence-electron chi connectivity index (χ4n) is 3.69. The highest BCUT2D eigenvalue weighted by Gasteiger charge is 2.44. The van der Waals surface area contributed by atoms with Crippen LogP contribution < -0.4 is 0 Å². The molecule has 1 N–H and O–H groups in total. The molecule has 0 radical (unpaired) electrons. The number of rotatable bonds is 11. The van der Waals surface area contributed by atoms with Crippen molar-refractivity contribution in [2.45, 2.75) is 91.1 Å². The van der Waals surface area contributed by atoms with Gasteiger partial charge >= 0.3 is 5.97 Å². The SMILES string of the molecule is C/C=C/[C@H](O[Si](C)(C)C(C)(C)C)C(C)(C)[C@@H](O)C/C=C\C1CC/C1=C\C=C/c1nc(C(=O)OC)co1. The van der Waals surface area contributed by atoms with Gasteiger partial charge in [-0.2, -0.15) is 0 Å². The highest BCUT2D eigenvalue weighted by atomic mass is 28.4. The van der Waals surface area contributed by atoms with E-state index in [-0.39, 0.29) is 16.8 Å². The molecule has 6 nitrogen and oxygen atoms in total. The monoisotopic (exact) mass is 515 g/mol. The molecule has 0 saturated heterocycles. The van der Waals surface area contributed by atoms with Gasteiger partial charge < -0.3 is 18.7 Å². The van der Waals surface area contributed by atoms with Gasteiger partial charge in [0.15, 0.2) is 14.0 Å². The fourth-order valence-corrected chi connectivity index (χ4v) is 5.06. The van der Waals surface area contributed by atoms with E-state index in [1.807, 2.05) is 19.1 Å². The highest BCUT2D eigenvalue weighted by molar-refractivity contribution is 6.74. The molecule has 200 valence electrons. The maximum Gasteiger partial charge on any atom is 0.360 e. The summed E-state index contributed by atoms with van der Waals surface area (Å²) >= 11 is 0. The van der Waals surface area contributed by atoms with Crippen molar-refractivity contribution >= 4 is 20.4 Å². The van der Waals surface area contributed by atoms with Crippen LogP contribution in [0.25, 0.3) is 6.08 Å². The fraction of sp³-hybridized carbons (Fsp3) is 0.586. The molecule has 1 heterocycles. The second-order valence-electron chi connectivity index (χ2n) is 11.6. The molecule has 36 heavy (non-hydrogen) atoms. The number of carbonyl (C=O) groups is 1. The van der Waals surface area contributed by atoms with Crippen LogP contribution in [0.15, 0.2) is 52.7 Å². The van der Waals surface area contributed by atoms with Crippen LogP contribution in [-0.4, -0.2) is 43.7 Å². The van der Waals surface area contributed by atoms with Crippen molar-refractivity contribution in [3.63, 3.8) is 0 Å². The molecule has 1 aliphatic carbocycles. The summed E-state index contributed by atoms with van der Waals surface area (Å²) in [6, 6.07) is 0. The third-order valence-corrected chi connectivity index (χ3v) is 12.1. The standard InChI is InChI=1S/C29H45NO5Si/c1-10-13-25(35-36(8,9)28(2,3)4)29(5,6)24(31)16-11-14-21-18-19-22(21)15-12-17-26-30-23(20-34-26)27(32)33-7/h10-15,17,20-21,24-25,31H,16,18-19H2,1-9H3/b13-10+,14-11-,17-12-,22-15+/t21?,24-,25-/m0/s1. The molecule has 0 spiro atoms. The first kappa shape index (κ1) is 30.0. The second kappa shape index (κ2) is 12.3. The molecule has 1 unspecified atom stereocenters. The Morgan fingerprint density at radius 3 is 2.56 bits per heavy atom. The predicted octanol–water partition coefficient (Wildman–Crippen LogP) is 7.11. The zero-order valence-electron chi connectivity index (χ0n) is 23.5. The molecule has 1 fully saturated rings. The van der Waals surface area contributed by atoms with Gasteiger partial charge in [-0.05, 0) is 50.2 Å². The smallest absolute Gasteiger partial charge is 0.360 e. The molecular formula is C29H45NO5Si. The summed E-state index contributed by atoms with van der Waals surface area (Å²) in [5.41, 5.74) is 1.05. The quantitative estimate of drug-likeness (QED) is 0.192. The van der Waals surface area contributed by atoms with Crippen LogP contribution in [0.3, 0.4) is 0 Å². The summed E-state index contributed by atoms with van der Waals surface area (Å²) in [5.74, 6) is 0.212. The molecular weight excluding hydrogens is 470 g/mol. The molecule has 0 aromatic carbocycles. The van der Waals surface area contributed by atoms with Crippen LogP contribution in [0.5, 0.6) is 0 Å². The normalized spacial score (nSPS) is 20.4. The Labute approximate surface area is 218 Å². The summed E-state index contributed by atoms with van der Waals surface area (Å²) < 4.78 is 16.6. The van der Waals surface area contributed by atoms with E-state index in [4.69, 9.17) is 8.84 Å². The van der Waals surface area contributed by atoms with Crippen LogP contribution in [0, 0.1) is 11.3 Å². The number of aliphatic hydroxyl groups is 1. The first-order valence-corrected chi connectivity index (χ1v) is 15.7. The molecule has 1 aliphatic rings. The summed E-state index contributed by atoms with van der Waals surface area (Å²) in [7, 11) is -0.678. The molecule has 0 aliphatic heterocycles. The molecule has 7 heteroatoms. The van der Waals surface area contributed by atoms with Gasteiger partial charge in [0.1, 0.15) is 6.26 Å². The van der Waals surface area contributed by atoms with E-state index in [1.165, 1.54) is 18.9 Å². The van der Waals surface area contributed by atoms with Crippen molar-refractivity contribution in [1.29, 1.82) is 0 Å². The van der Waals surface area contributed by atoms with Crippen molar-refractivity contribution < 1.29 is 23.5 Å². The van der Waals surface area contributed by atoms with Crippen LogP contribution >= 0.6 is 0 Å². The zero-order chi connectivity index (χ0) is 27.1. The van der Waals surface area contributed by atoms with Crippen LogP contribution in [0.2, 0.25) is 18.1 Å². The maximum atomic E-state index is 11.5. The Morgan fingerprint density at radius 2 is 2.00 bits per heavy atom. The van der Waals surface area contributed by atoms with E-state index in [2.05, 4.69) is 81.7 Å². The number of allylic oxidation sites excluding steroid dienone is 5. The summed E-state index contributed by atoms with van der Waals surface area (Å²) in [6.07, 6.45) is 17.4. The Kier molecular flexibility index (Phi) is 10.3. The van der Waals surface area contributed by atoms with Crippen molar-refractivity contribution in [2.24, 2.45) is 11.3 Å². The average Bonchev–Trinajstić information content (AvgIpc) is 3.25. The highest BCUT2D eigenvalue weighted by Crippen LogP contribution is 2.41. The molecule has 1 aromatic heterocycles. The van der Waals surface area contributed by atoms with E-state index >= 15 is 0 Å². The Balaban J connectivity index is 1.98. The van der Waals surface area contributed by atoms with Gasteiger partial charge in [-0.15, -0.1) is 0 Å². The topological polar surface area (TPSA) is 81.8 Å². The lowest BCUT2D eigenvalue weighted by atomic mass is 9.77. The molecule has 0 bridgehead atoms. The van der Waals surface area contributed by atoms with Crippen molar-refractivity contribution in [2.75, 3.05) is 7.11 Å². The van der Waals surface area contributed by atoms with Crippen molar-refractivity contribution in [3.8, 4) is 0 Å². The minimum Gasteiger partial charge on any atom is -0.464 e. The number of ether oxygens (including phenoxy) is 1. The largest absolute Gasteiger partial charge is 0.464 e. The van der Waals surface area contributed by atoms with Crippen molar-refractivity contribution in [3.05, 3.63) is 59.9 Å². The van der Waals surface area contributed by atoms with Crippen molar-refractivity contribution in [1.82, 2.24) is 4.98 Å². The molecule has 1 aromatic rings. The molecule has 1 saturated carbocycles. The van der Waals surface area contributed by atoms with E-state index in [0.29, 0.717) is 18.2 Å². The molecule has 2 rings (SSSR count). The van der Waals surface area contributed by atoms with Gasteiger partial charge in [-0.25, -0.2) is 9.78 Å². The van der Waals surface area contributed by atoms with Gasteiger partial charge in [0.05, 0.1) is 19.3 Å². The van der Waals surface area contributed by atoms with Gasteiger partial charge in [-0.1, -0.05) is 76.6 Å². The van der Waals surface area contributed by atoms with E-state index in [0.717, 1.165) is 12.8 Å². The molecule has 0 amide bonds. The predicted molar refractivity (Wildman–Crippen MR) is 148 cm³/mol. The van der Waals surface area contributed by atoms with E-state index in [9.17, 15) is 9.90 Å². The number of methoxy groups -OCH3 is 1. The minimum absolute atomic E-state index is 0.103. The lowest BCUT2D eigenvalue weighted by Crippen LogP contribution is -2.50. The molecule has 3 atom stereocenters. The summed E-state index contributed by atoms with van der Waals surface area (Å²) in [4.78, 5) is 15.6. The number of esters is 1. The maximum absolute atomic E-state index is 11.5. The van der Waals surface area contributed by atoms with Crippen LogP contribution in [0.1, 0.15) is 77.2 Å². The van der Waals surface area contributed by atoms with Gasteiger partial charge in [0.25, 0.3) is 0 Å². The number of carbonyl (C=O) groups excluding carboxylic acids is 1. The Bertz CT molecular complexity index is 994. The van der Waals surface area contributed by atoms with Crippen LogP contribution in [0.4, 0.5) is 0 Å². The third kappa shape index (κ3) is 7.64. The zero-order valence-corrected chi connectivity index (χ0v) is 24.5. The number of hydrogen-bond acceptors (Lipinski definition) is 6. The van der Waals surface area contributed by atoms with Gasteiger partial charge in [0.2, 0.25) is 5.89 Å². The van der Waals surface area contributed by atoms with Gasteiger partial charge in [-0.3, -0.25) is 0 Å². The average molecular weight is 516 g/mol. The number of nitrogens with zero attached hydrogens (tertiary/aromatic N) is 1. The lowest BCUT2D eigenvalue weighted by Gasteiger charge is -2.45. The Hall–Kier alpha value is -2.22. The number of aliphatic hydroxyl groups excluding tert-OH is 1. The minimum atomic E-state index is -1.99. The Morgan fingerprint density at radius 1 is 1.31 bits per heavy atom. The lowest BCUT2D eigenvalue weighted by molar-refractivity contribution is -0.0181. The van der Waals surface area contributed by atoms with E-state index in [1.54, 1.807) is 6.08 Å².